The van der Waals surface area contributed by atoms with Crippen LogP contribution in [0.1, 0.15) is 19.3 Å². The summed E-state index contributed by atoms with van der Waals surface area (Å²) in [4.78, 5) is 0. The van der Waals surface area contributed by atoms with Crippen LogP contribution in [0, 0.1) is 11.5 Å². The summed E-state index contributed by atoms with van der Waals surface area (Å²) in [5, 5.41) is 11.9. The highest BCUT2D eigenvalue weighted by molar-refractivity contribution is 7.99. The second-order valence-electron chi connectivity index (χ2n) is 2.57. The highest BCUT2D eigenvalue weighted by atomic mass is 32.2. The molecule has 1 fully saturated rings. The number of nitriles is 1. The minimum atomic E-state index is 0.444. The monoisotopic (exact) mass is 156 g/mol. The van der Waals surface area contributed by atoms with Gasteiger partial charge >= 0.3 is 0 Å². The van der Waals surface area contributed by atoms with Crippen LogP contribution in [0.5, 0.6) is 0 Å². The average molecular weight is 156 g/mol. The predicted molar refractivity (Wildman–Crippen MR) is 43.7 cm³/mol. The summed E-state index contributed by atoms with van der Waals surface area (Å²) in [6, 6.07) is 0.444. The molecule has 0 aromatic heterocycles. The Hall–Kier alpha value is -0.360. The Balaban J connectivity index is 2.36. The molecule has 0 aromatic carbocycles. The average Bonchev–Trinajstić information content (AvgIpc) is 2.36. The number of nitrogens with zero attached hydrogens (tertiary/aromatic N) is 1. The van der Waals surface area contributed by atoms with Crippen molar-refractivity contribution in [2.45, 2.75) is 30.6 Å². The molecule has 2 unspecified atom stereocenters. The molecule has 0 heterocycles. The molecule has 0 radical (unpaired) electrons. The summed E-state index contributed by atoms with van der Waals surface area (Å²) >= 11 is 1.87. The molecule has 1 aliphatic rings. The molecular weight excluding hydrogens is 144 g/mol. The molecular formula is C7H12N2S. The van der Waals surface area contributed by atoms with Crippen molar-refractivity contribution in [3.8, 4) is 6.19 Å². The zero-order chi connectivity index (χ0) is 7.40. The van der Waals surface area contributed by atoms with Gasteiger partial charge in [0.05, 0.1) is 0 Å². The molecule has 0 aromatic rings. The molecule has 56 valence electrons. The van der Waals surface area contributed by atoms with Gasteiger partial charge in [0.15, 0.2) is 6.19 Å². The van der Waals surface area contributed by atoms with Gasteiger partial charge in [-0.2, -0.15) is 17.0 Å². The SMILES string of the molecule is CSC1CCCC1NC#N. The zero-order valence-corrected chi connectivity index (χ0v) is 6.95. The van der Waals surface area contributed by atoms with E-state index in [1.807, 2.05) is 18.0 Å². The maximum Gasteiger partial charge on any atom is 0.176 e. The minimum absolute atomic E-state index is 0.444. The molecule has 1 saturated carbocycles. The molecule has 1 N–H and O–H groups in total. The van der Waals surface area contributed by atoms with E-state index in [1.165, 1.54) is 19.3 Å². The number of rotatable bonds is 2. The summed E-state index contributed by atoms with van der Waals surface area (Å²) in [6.45, 7) is 0. The van der Waals surface area contributed by atoms with E-state index in [9.17, 15) is 0 Å². The second kappa shape index (κ2) is 3.72. The summed E-state index contributed by atoms with van der Waals surface area (Å²) < 4.78 is 0. The fraction of sp³-hybridized carbons (Fsp3) is 0.857. The molecule has 3 heteroatoms. The van der Waals surface area contributed by atoms with Crippen LogP contribution in [0.3, 0.4) is 0 Å². The van der Waals surface area contributed by atoms with Crippen molar-refractivity contribution in [2.75, 3.05) is 6.26 Å². The third-order valence-corrected chi connectivity index (χ3v) is 3.17. The molecule has 0 spiro atoms. The van der Waals surface area contributed by atoms with Crippen molar-refractivity contribution >= 4 is 11.8 Å². The van der Waals surface area contributed by atoms with Gasteiger partial charge in [-0.05, 0) is 19.1 Å². The van der Waals surface area contributed by atoms with Gasteiger partial charge in [-0.15, -0.1) is 0 Å². The summed E-state index contributed by atoms with van der Waals surface area (Å²) in [5.74, 6) is 0. The fourth-order valence-electron chi connectivity index (χ4n) is 1.46. The van der Waals surface area contributed by atoms with Crippen LogP contribution in [0.15, 0.2) is 0 Å². The van der Waals surface area contributed by atoms with Crippen LogP contribution < -0.4 is 5.32 Å². The van der Waals surface area contributed by atoms with Crippen LogP contribution in [-0.2, 0) is 0 Å². The van der Waals surface area contributed by atoms with Crippen LogP contribution in [0.4, 0.5) is 0 Å². The van der Waals surface area contributed by atoms with Crippen LogP contribution in [-0.4, -0.2) is 17.5 Å². The Morgan fingerprint density at radius 1 is 1.60 bits per heavy atom. The van der Waals surface area contributed by atoms with Gasteiger partial charge in [-0.25, -0.2) is 0 Å². The largest absolute Gasteiger partial charge is 0.320 e. The topological polar surface area (TPSA) is 35.8 Å². The first-order chi connectivity index (χ1) is 4.88. The van der Waals surface area contributed by atoms with Gasteiger partial charge in [-0.1, -0.05) is 6.42 Å². The predicted octanol–water partition coefficient (Wildman–Crippen LogP) is 1.34. The summed E-state index contributed by atoms with van der Waals surface area (Å²) in [7, 11) is 0. The zero-order valence-electron chi connectivity index (χ0n) is 6.13. The van der Waals surface area contributed by atoms with E-state index < -0.39 is 0 Å². The lowest BCUT2D eigenvalue weighted by Gasteiger charge is -2.14. The first-order valence-electron chi connectivity index (χ1n) is 3.56. The molecule has 10 heavy (non-hydrogen) atoms. The van der Waals surface area contributed by atoms with E-state index in [0.29, 0.717) is 11.3 Å². The van der Waals surface area contributed by atoms with Gasteiger partial charge in [-0.3, -0.25) is 0 Å². The van der Waals surface area contributed by atoms with Gasteiger partial charge in [0.2, 0.25) is 0 Å². The molecule has 0 amide bonds. The highest BCUT2D eigenvalue weighted by Gasteiger charge is 2.25. The lowest BCUT2D eigenvalue weighted by molar-refractivity contribution is 0.627. The molecule has 0 bridgehead atoms. The number of hydrogen-bond acceptors (Lipinski definition) is 3. The minimum Gasteiger partial charge on any atom is -0.320 e. The molecule has 0 saturated heterocycles. The van der Waals surface area contributed by atoms with Crippen molar-refractivity contribution in [3.05, 3.63) is 0 Å². The van der Waals surface area contributed by atoms with E-state index in [1.54, 1.807) is 0 Å². The normalized spacial score (nSPS) is 31.6. The van der Waals surface area contributed by atoms with Gasteiger partial charge in [0.25, 0.3) is 0 Å². The Labute approximate surface area is 66.0 Å². The third kappa shape index (κ3) is 1.57. The van der Waals surface area contributed by atoms with Crippen molar-refractivity contribution in [2.24, 2.45) is 0 Å². The Morgan fingerprint density at radius 3 is 3.00 bits per heavy atom. The summed E-state index contributed by atoms with van der Waals surface area (Å²) in [5.41, 5.74) is 0. The van der Waals surface area contributed by atoms with Gasteiger partial charge in [0, 0.05) is 11.3 Å². The Morgan fingerprint density at radius 2 is 2.40 bits per heavy atom. The quantitative estimate of drug-likeness (QED) is 0.484. The number of nitrogens with one attached hydrogen (secondary N) is 1. The maximum atomic E-state index is 8.37. The summed E-state index contributed by atoms with van der Waals surface area (Å²) in [6.07, 6.45) is 7.82. The Bertz CT molecular complexity index is 141. The lowest BCUT2D eigenvalue weighted by atomic mass is 10.2. The molecule has 1 aliphatic carbocycles. The van der Waals surface area contributed by atoms with E-state index in [2.05, 4.69) is 11.6 Å². The smallest absolute Gasteiger partial charge is 0.176 e. The third-order valence-electron chi connectivity index (χ3n) is 2.01. The van der Waals surface area contributed by atoms with Crippen LogP contribution in [0.2, 0.25) is 0 Å². The first kappa shape index (κ1) is 7.74. The van der Waals surface area contributed by atoms with E-state index >= 15 is 0 Å². The van der Waals surface area contributed by atoms with Crippen molar-refractivity contribution in [1.29, 1.82) is 5.26 Å². The van der Waals surface area contributed by atoms with E-state index in [-0.39, 0.29) is 0 Å². The lowest BCUT2D eigenvalue weighted by Crippen LogP contribution is -2.29. The van der Waals surface area contributed by atoms with Crippen LogP contribution in [0.25, 0.3) is 0 Å². The van der Waals surface area contributed by atoms with Crippen molar-refractivity contribution in [1.82, 2.24) is 5.32 Å². The van der Waals surface area contributed by atoms with Crippen molar-refractivity contribution in [3.63, 3.8) is 0 Å². The molecule has 0 aliphatic heterocycles. The number of hydrogen-bond donors (Lipinski definition) is 1. The van der Waals surface area contributed by atoms with E-state index in [4.69, 9.17) is 5.26 Å². The van der Waals surface area contributed by atoms with Gasteiger partial charge in [0.1, 0.15) is 0 Å². The Kier molecular flexibility index (Phi) is 2.88. The standard InChI is InChI=1S/C7H12N2S/c1-10-7-4-2-3-6(7)9-5-8/h6-7,9H,2-4H2,1H3. The van der Waals surface area contributed by atoms with Crippen LogP contribution >= 0.6 is 11.8 Å². The molecule has 2 atom stereocenters. The number of thioether (sulfide) groups is 1. The molecule has 2 nitrogen and oxygen atoms in total. The fourth-order valence-corrected chi connectivity index (χ4v) is 2.39. The maximum absolute atomic E-state index is 8.37. The first-order valence-corrected chi connectivity index (χ1v) is 4.84. The highest BCUT2D eigenvalue weighted by Crippen LogP contribution is 2.27. The van der Waals surface area contributed by atoms with E-state index in [0.717, 1.165) is 0 Å². The molecule has 1 rings (SSSR count). The van der Waals surface area contributed by atoms with Gasteiger partial charge < -0.3 is 5.32 Å². The van der Waals surface area contributed by atoms with Crippen molar-refractivity contribution < 1.29 is 0 Å². The second-order valence-corrected chi connectivity index (χ2v) is 3.64.